The number of thiophene rings is 1. The van der Waals surface area contributed by atoms with Crippen molar-refractivity contribution in [3.63, 3.8) is 0 Å². The van der Waals surface area contributed by atoms with Crippen molar-refractivity contribution < 1.29 is 28.0 Å². The van der Waals surface area contributed by atoms with E-state index in [-0.39, 0.29) is 12.0 Å². The summed E-state index contributed by atoms with van der Waals surface area (Å²) in [6, 6.07) is 4.34. The number of fused-ring (bicyclic) bond motifs is 1. The summed E-state index contributed by atoms with van der Waals surface area (Å²) in [5.74, 6) is 0.394. The van der Waals surface area contributed by atoms with E-state index in [1.165, 1.54) is 36.9 Å². The molecule has 184 valence electrons. The van der Waals surface area contributed by atoms with Crippen molar-refractivity contribution in [1.82, 2.24) is 9.97 Å². The number of carbonyl (C=O) groups is 2. The summed E-state index contributed by atoms with van der Waals surface area (Å²) in [7, 11) is 3.11. The summed E-state index contributed by atoms with van der Waals surface area (Å²) >= 11 is 1.24. The number of anilines is 2. The van der Waals surface area contributed by atoms with Gasteiger partial charge in [0, 0.05) is 12.0 Å². The van der Waals surface area contributed by atoms with E-state index >= 15 is 0 Å². The monoisotopic (exact) mass is 499 g/mol. The number of nitrogens with zero attached hydrogens (tertiary/aromatic N) is 3. The number of methoxy groups -OCH3 is 1. The van der Waals surface area contributed by atoms with Crippen LogP contribution in [0.2, 0.25) is 0 Å². The summed E-state index contributed by atoms with van der Waals surface area (Å²) in [5.41, 5.74) is 1.29. The highest BCUT2D eigenvalue weighted by atomic mass is 32.1. The highest BCUT2D eigenvalue weighted by Crippen LogP contribution is 2.37. The van der Waals surface area contributed by atoms with Crippen LogP contribution in [-0.4, -0.2) is 52.9 Å². The van der Waals surface area contributed by atoms with E-state index in [0.29, 0.717) is 38.3 Å². The maximum atomic E-state index is 14.1. The molecular weight excluding hydrogens is 471 g/mol. The fourth-order valence-corrected chi connectivity index (χ4v) is 5.30. The molecule has 1 N–H and O–H groups in total. The second kappa shape index (κ2) is 10.5. The Morgan fingerprint density at radius 3 is 2.66 bits per heavy atom. The molecule has 2 heterocycles. The first-order valence-corrected chi connectivity index (χ1v) is 12.2. The average Bonchev–Trinajstić information content (AvgIpc) is 3.18. The van der Waals surface area contributed by atoms with Crippen LogP contribution in [0.5, 0.6) is 5.75 Å². The predicted octanol–water partition coefficient (Wildman–Crippen LogP) is 4.87. The maximum absolute atomic E-state index is 14.1. The zero-order chi connectivity index (χ0) is 25.1. The third kappa shape index (κ3) is 5.48. The van der Waals surface area contributed by atoms with Gasteiger partial charge < -0.3 is 14.8 Å². The Morgan fingerprint density at radius 2 is 1.97 bits per heavy atom. The number of carbonyl (C=O) groups excluding carboxylic acids is 2. The minimum absolute atomic E-state index is 0.0113. The summed E-state index contributed by atoms with van der Waals surface area (Å²) in [5, 5.41) is 3.96. The third-order valence-corrected chi connectivity index (χ3v) is 7.42. The van der Waals surface area contributed by atoms with E-state index in [1.54, 1.807) is 24.6 Å². The molecule has 0 bridgehead atoms. The number of benzene rings is 1. The maximum Gasteiger partial charge on any atom is 0.383 e. The molecule has 0 atom stereocenters. The van der Waals surface area contributed by atoms with Gasteiger partial charge in [-0.3, -0.25) is 0 Å². The van der Waals surface area contributed by atoms with Gasteiger partial charge in [-0.15, -0.1) is 11.3 Å². The van der Waals surface area contributed by atoms with Gasteiger partial charge in [0.2, 0.25) is 0 Å². The summed E-state index contributed by atoms with van der Waals surface area (Å²) in [4.78, 5) is 33.4. The van der Waals surface area contributed by atoms with Crippen LogP contribution in [-0.2, 0) is 9.53 Å². The van der Waals surface area contributed by atoms with Gasteiger partial charge in [-0.1, -0.05) is 0 Å². The van der Waals surface area contributed by atoms with Crippen molar-refractivity contribution in [1.29, 1.82) is 0 Å². The molecule has 10 heteroatoms. The fraction of sp³-hybridized carbons (Fsp3) is 0.400. The van der Waals surface area contributed by atoms with E-state index < -0.39 is 11.8 Å². The average molecular weight is 500 g/mol. The molecular formula is C25H28FN4O4S+. The van der Waals surface area contributed by atoms with Gasteiger partial charge in [-0.25, -0.2) is 23.9 Å². The minimum Gasteiger partial charge on any atom is -0.488 e. The van der Waals surface area contributed by atoms with Gasteiger partial charge in [0.05, 0.1) is 31.2 Å². The zero-order valence-corrected chi connectivity index (χ0v) is 20.9. The van der Waals surface area contributed by atoms with Crippen LogP contribution in [0, 0.1) is 18.7 Å². The number of hydrogen-bond donors (Lipinski definition) is 1. The lowest BCUT2D eigenvalue weighted by molar-refractivity contribution is -0.414. The Labute approximate surface area is 206 Å². The molecule has 1 aliphatic rings. The van der Waals surface area contributed by atoms with Gasteiger partial charge in [0.1, 0.15) is 40.5 Å². The molecule has 1 amide bonds. The van der Waals surface area contributed by atoms with Crippen molar-refractivity contribution in [2.24, 2.45) is 5.92 Å². The molecule has 35 heavy (non-hydrogen) atoms. The molecule has 1 fully saturated rings. The van der Waals surface area contributed by atoms with E-state index in [4.69, 9.17) is 9.47 Å². The standard InChI is InChI=1S/C25H27FN4O4S/c1-14-21-23(27-13-28-24(21)35-22(14)25(32)33-4)29-19-10-7-17(26)11-20(19)34-18-8-5-16(6-9-18)12-30(3)15(2)31/h7,10-13,16,18H,5-6,8-9H2,1-4H3/p+1. The number of aryl methyl sites for hydroxylation is 1. The van der Waals surface area contributed by atoms with Crippen LogP contribution < -0.4 is 10.1 Å². The second-order valence-corrected chi connectivity index (χ2v) is 9.65. The van der Waals surface area contributed by atoms with E-state index in [2.05, 4.69) is 15.3 Å². The number of aromatic nitrogens is 2. The van der Waals surface area contributed by atoms with Gasteiger partial charge in [0.25, 0.3) is 0 Å². The number of hydrogen-bond acceptors (Lipinski definition) is 8. The normalized spacial score (nSPS) is 18.4. The van der Waals surface area contributed by atoms with Crippen molar-refractivity contribution in [3.8, 4) is 5.75 Å². The number of ether oxygens (including phenoxy) is 2. The number of esters is 1. The van der Waals surface area contributed by atoms with E-state index in [0.717, 1.165) is 31.2 Å². The van der Waals surface area contributed by atoms with Crippen LogP contribution in [0.1, 0.15) is 47.8 Å². The molecule has 4 rings (SSSR count). The predicted molar refractivity (Wildman–Crippen MR) is 132 cm³/mol. The molecule has 2 aromatic heterocycles. The molecule has 1 saturated carbocycles. The Hall–Kier alpha value is -3.40. The molecule has 0 aliphatic heterocycles. The zero-order valence-electron chi connectivity index (χ0n) is 20.1. The van der Waals surface area contributed by atoms with Crippen molar-refractivity contribution in [2.45, 2.75) is 45.6 Å². The van der Waals surface area contributed by atoms with Crippen molar-refractivity contribution >= 4 is 51.1 Å². The minimum atomic E-state index is -0.426. The smallest absolute Gasteiger partial charge is 0.383 e. The highest BCUT2D eigenvalue weighted by Gasteiger charge is 2.26. The first kappa shape index (κ1) is 24.7. The molecule has 1 aromatic carbocycles. The molecule has 0 radical (unpaired) electrons. The Bertz CT molecular complexity index is 1300. The van der Waals surface area contributed by atoms with Crippen LogP contribution in [0.25, 0.3) is 10.2 Å². The van der Waals surface area contributed by atoms with Gasteiger partial charge in [0.15, 0.2) is 6.21 Å². The molecule has 0 unspecified atom stereocenters. The largest absolute Gasteiger partial charge is 0.488 e. The highest BCUT2D eigenvalue weighted by molar-refractivity contribution is 7.20. The Kier molecular flexibility index (Phi) is 7.39. The SMILES string of the molecule is COC(=O)c1sc2ncnc(Nc3ccc(F)cc3OC3CCC(C=[N+](C)C(C)=O)CC3)c2c1C. The first-order valence-electron chi connectivity index (χ1n) is 11.4. The van der Waals surface area contributed by atoms with Gasteiger partial charge in [-0.05, 0) is 50.3 Å². The number of nitrogens with one attached hydrogen (secondary N) is 1. The molecule has 3 aromatic rings. The number of halogens is 1. The second-order valence-electron chi connectivity index (χ2n) is 8.65. The molecule has 1 aliphatic carbocycles. The summed E-state index contributed by atoms with van der Waals surface area (Å²) in [6.07, 6.45) is 6.69. The molecule has 0 saturated heterocycles. The van der Waals surface area contributed by atoms with E-state index in [1.807, 2.05) is 13.1 Å². The molecule has 8 nitrogen and oxygen atoms in total. The van der Waals surface area contributed by atoms with Gasteiger partial charge in [-0.2, -0.15) is 4.58 Å². The lowest BCUT2D eigenvalue weighted by atomic mass is 9.88. The van der Waals surface area contributed by atoms with E-state index in [9.17, 15) is 14.0 Å². The quantitative estimate of drug-likeness (QED) is 0.294. The number of amides is 1. The Balaban J connectivity index is 1.55. The third-order valence-electron chi connectivity index (χ3n) is 6.24. The molecule has 0 spiro atoms. The fourth-order valence-electron chi connectivity index (χ4n) is 4.23. The van der Waals surface area contributed by atoms with Crippen LogP contribution in [0.3, 0.4) is 0 Å². The van der Waals surface area contributed by atoms with Crippen molar-refractivity contribution in [3.05, 3.63) is 40.8 Å². The first-order chi connectivity index (χ1) is 16.8. The summed E-state index contributed by atoms with van der Waals surface area (Å²) < 4.78 is 26.9. The van der Waals surface area contributed by atoms with Crippen molar-refractivity contribution in [2.75, 3.05) is 19.5 Å². The van der Waals surface area contributed by atoms with Gasteiger partial charge >= 0.3 is 11.9 Å². The topological polar surface area (TPSA) is 93.4 Å². The van der Waals surface area contributed by atoms with Crippen LogP contribution >= 0.6 is 11.3 Å². The lowest BCUT2D eigenvalue weighted by Crippen LogP contribution is -2.27. The Morgan fingerprint density at radius 1 is 1.23 bits per heavy atom. The number of rotatable bonds is 6. The lowest BCUT2D eigenvalue weighted by Gasteiger charge is -2.27. The van der Waals surface area contributed by atoms with Crippen LogP contribution in [0.4, 0.5) is 15.9 Å². The van der Waals surface area contributed by atoms with Crippen LogP contribution in [0.15, 0.2) is 24.5 Å². The summed E-state index contributed by atoms with van der Waals surface area (Å²) in [6.45, 7) is 3.36.